The van der Waals surface area contributed by atoms with Crippen molar-refractivity contribution in [3.63, 3.8) is 0 Å². The van der Waals surface area contributed by atoms with Crippen molar-refractivity contribution in [3.8, 4) is 0 Å². The fraction of sp³-hybridized carbons (Fsp3) is 0.818. The van der Waals surface area contributed by atoms with Gasteiger partial charge in [0.2, 0.25) is 5.91 Å². The summed E-state index contributed by atoms with van der Waals surface area (Å²) in [6.45, 7) is 1.22. The van der Waals surface area contributed by atoms with Crippen LogP contribution in [-0.2, 0) is 14.3 Å². The molecule has 0 bridgehead atoms. The van der Waals surface area contributed by atoms with Crippen LogP contribution in [0.15, 0.2) is 0 Å². The second-order valence-corrected chi connectivity index (χ2v) is 4.62. The molecule has 2 atom stereocenters. The van der Waals surface area contributed by atoms with E-state index >= 15 is 0 Å². The van der Waals surface area contributed by atoms with E-state index in [2.05, 4.69) is 0 Å². The lowest BCUT2D eigenvalue weighted by atomic mass is 9.98. The third-order valence-electron chi connectivity index (χ3n) is 3.42. The summed E-state index contributed by atoms with van der Waals surface area (Å²) in [5.41, 5.74) is 0. The number of ether oxygens (including phenoxy) is 1. The predicted molar refractivity (Wildman–Crippen MR) is 57.3 cm³/mol. The number of carboxylic acids is 1. The molecule has 2 aliphatic rings. The standard InChI is InChI=1S/C11H17NO5/c13-8-5-9(11(15)16)12(6-8)10(14)7-1-3-17-4-2-7/h7-9,13H,1-6H2,(H,15,16)/t8-,9-/m0/s1. The van der Waals surface area contributed by atoms with E-state index in [0.29, 0.717) is 26.1 Å². The molecule has 2 heterocycles. The Bertz CT molecular complexity index is 313. The van der Waals surface area contributed by atoms with Gasteiger partial charge in [-0.3, -0.25) is 4.79 Å². The van der Waals surface area contributed by atoms with Crippen LogP contribution >= 0.6 is 0 Å². The van der Waals surface area contributed by atoms with E-state index in [1.54, 1.807) is 0 Å². The average Bonchev–Trinajstić information content (AvgIpc) is 2.72. The molecule has 0 radical (unpaired) electrons. The molecule has 0 aromatic rings. The minimum atomic E-state index is -1.04. The van der Waals surface area contributed by atoms with Crippen molar-refractivity contribution in [1.82, 2.24) is 4.90 Å². The third-order valence-corrected chi connectivity index (χ3v) is 3.42. The summed E-state index contributed by atoms with van der Waals surface area (Å²) in [5.74, 6) is -1.35. The van der Waals surface area contributed by atoms with Gasteiger partial charge in [-0.2, -0.15) is 0 Å². The summed E-state index contributed by atoms with van der Waals surface area (Å²) in [7, 11) is 0. The number of aliphatic carboxylic acids is 1. The first-order valence-corrected chi connectivity index (χ1v) is 5.88. The molecule has 6 nitrogen and oxygen atoms in total. The Kier molecular flexibility index (Phi) is 3.63. The highest BCUT2D eigenvalue weighted by Gasteiger charge is 2.41. The van der Waals surface area contributed by atoms with E-state index in [1.165, 1.54) is 4.90 Å². The van der Waals surface area contributed by atoms with Crippen LogP contribution in [0.2, 0.25) is 0 Å². The molecular weight excluding hydrogens is 226 g/mol. The first kappa shape index (κ1) is 12.3. The molecule has 2 fully saturated rings. The second-order valence-electron chi connectivity index (χ2n) is 4.62. The maximum Gasteiger partial charge on any atom is 0.326 e. The normalized spacial score (nSPS) is 30.5. The fourth-order valence-corrected chi connectivity index (χ4v) is 2.47. The predicted octanol–water partition coefficient (Wildman–Crippen LogP) is -0.541. The van der Waals surface area contributed by atoms with E-state index in [1.807, 2.05) is 0 Å². The number of hydrogen-bond donors (Lipinski definition) is 2. The van der Waals surface area contributed by atoms with Gasteiger partial charge in [-0.05, 0) is 12.8 Å². The molecular formula is C11H17NO5. The van der Waals surface area contributed by atoms with E-state index in [4.69, 9.17) is 9.84 Å². The van der Waals surface area contributed by atoms with Gasteiger partial charge in [-0.25, -0.2) is 4.79 Å². The number of likely N-dealkylation sites (tertiary alicyclic amines) is 1. The Morgan fingerprint density at radius 3 is 2.47 bits per heavy atom. The summed E-state index contributed by atoms with van der Waals surface area (Å²) < 4.78 is 5.17. The lowest BCUT2D eigenvalue weighted by molar-refractivity contribution is -0.151. The largest absolute Gasteiger partial charge is 0.480 e. The van der Waals surface area contributed by atoms with Crippen LogP contribution in [-0.4, -0.2) is 58.9 Å². The molecule has 2 saturated heterocycles. The average molecular weight is 243 g/mol. The lowest BCUT2D eigenvalue weighted by Crippen LogP contribution is -2.44. The topological polar surface area (TPSA) is 87.1 Å². The van der Waals surface area contributed by atoms with Crippen molar-refractivity contribution in [1.29, 1.82) is 0 Å². The number of carbonyl (C=O) groups is 2. The minimum Gasteiger partial charge on any atom is -0.480 e. The van der Waals surface area contributed by atoms with Gasteiger partial charge in [-0.15, -0.1) is 0 Å². The minimum absolute atomic E-state index is 0.129. The first-order valence-electron chi connectivity index (χ1n) is 5.88. The van der Waals surface area contributed by atoms with Gasteiger partial charge in [0.05, 0.1) is 6.10 Å². The molecule has 0 saturated carbocycles. The van der Waals surface area contributed by atoms with Crippen molar-refractivity contribution >= 4 is 11.9 Å². The molecule has 96 valence electrons. The molecule has 2 N–H and O–H groups in total. The van der Waals surface area contributed by atoms with Gasteiger partial charge >= 0.3 is 5.97 Å². The Balaban J connectivity index is 2.04. The van der Waals surface area contributed by atoms with E-state index in [0.717, 1.165) is 0 Å². The van der Waals surface area contributed by atoms with Crippen molar-refractivity contribution in [3.05, 3.63) is 0 Å². The number of β-amino-alcohol motifs (C(OH)–C–C–N with tert-alkyl or cyclic N) is 1. The summed E-state index contributed by atoms with van der Waals surface area (Å²) in [4.78, 5) is 24.5. The maximum absolute atomic E-state index is 12.2. The number of hydrogen-bond acceptors (Lipinski definition) is 4. The number of carboxylic acid groups (broad SMARTS) is 1. The van der Waals surface area contributed by atoms with Crippen molar-refractivity contribution in [2.45, 2.75) is 31.4 Å². The molecule has 2 rings (SSSR count). The van der Waals surface area contributed by atoms with Crippen molar-refractivity contribution < 1.29 is 24.5 Å². The number of nitrogens with zero attached hydrogens (tertiary/aromatic N) is 1. The molecule has 0 aromatic carbocycles. The summed E-state index contributed by atoms with van der Waals surface area (Å²) in [6, 6.07) is -0.875. The van der Waals surface area contributed by atoms with Crippen LogP contribution in [0, 0.1) is 5.92 Å². The first-order chi connectivity index (χ1) is 8.09. The van der Waals surface area contributed by atoms with Crippen molar-refractivity contribution in [2.75, 3.05) is 19.8 Å². The molecule has 0 aromatic heterocycles. The van der Waals surface area contributed by atoms with Crippen LogP contribution in [0.4, 0.5) is 0 Å². The molecule has 0 unspecified atom stereocenters. The van der Waals surface area contributed by atoms with Gasteiger partial charge in [0.25, 0.3) is 0 Å². The zero-order valence-electron chi connectivity index (χ0n) is 9.54. The van der Waals surface area contributed by atoms with E-state index in [9.17, 15) is 14.7 Å². The highest BCUT2D eigenvalue weighted by Crippen LogP contribution is 2.24. The monoisotopic (exact) mass is 243 g/mol. The van der Waals surface area contributed by atoms with Gasteiger partial charge < -0.3 is 19.8 Å². The molecule has 17 heavy (non-hydrogen) atoms. The SMILES string of the molecule is O=C(O)[C@@H]1C[C@H](O)CN1C(=O)C1CCOCC1. The van der Waals surface area contributed by atoms with Crippen LogP contribution in [0.1, 0.15) is 19.3 Å². The molecule has 0 aliphatic carbocycles. The zero-order valence-corrected chi connectivity index (χ0v) is 9.54. The number of aliphatic hydroxyl groups is 1. The zero-order chi connectivity index (χ0) is 12.4. The van der Waals surface area contributed by atoms with Crippen LogP contribution < -0.4 is 0 Å². The van der Waals surface area contributed by atoms with Gasteiger partial charge in [-0.1, -0.05) is 0 Å². The smallest absolute Gasteiger partial charge is 0.326 e. The van der Waals surface area contributed by atoms with Gasteiger partial charge in [0.15, 0.2) is 0 Å². The Hall–Kier alpha value is -1.14. The maximum atomic E-state index is 12.2. The van der Waals surface area contributed by atoms with Crippen LogP contribution in [0.5, 0.6) is 0 Å². The van der Waals surface area contributed by atoms with E-state index in [-0.39, 0.29) is 24.8 Å². The second kappa shape index (κ2) is 5.01. The quantitative estimate of drug-likeness (QED) is 0.680. The Morgan fingerprint density at radius 2 is 1.88 bits per heavy atom. The molecule has 2 aliphatic heterocycles. The third kappa shape index (κ3) is 2.58. The van der Waals surface area contributed by atoms with Gasteiger partial charge in [0, 0.05) is 32.1 Å². The highest BCUT2D eigenvalue weighted by atomic mass is 16.5. The van der Waals surface area contributed by atoms with Crippen molar-refractivity contribution in [2.24, 2.45) is 5.92 Å². The Labute approximate surface area is 99.2 Å². The molecule has 6 heteroatoms. The summed E-state index contributed by atoms with van der Waals surface area (Å²) in [5, 5.41) is 18.5. The van der Waals surface area contributed by atoms with Gasteiger partial charge in [0.1, 0.15) is 6.04 Å². The van der Waals surface area contributed by atoms with E-state index < -0.39 is 18.1 Å². The summed E-state index contributed by atoms with van der Waals surface area (Å²) >= 11 is 0. The highest BCUT2D eigenvalue weighted by molar-refractivity contribution is 5.85. The molecule has 1 amide bonds. The number of aliphatic hydroxyl groups excluding tert-OH is 1. The fourth-order valence-electron chi connectivity index (χ4n) is 2.47. The summed E-state index contributed by atoms with van der Waals surface area (Å²) in [6.07, 6.45) is 0.680. The number of rotatable bonds is 2. The number of amides is 1. The number of carbonyl (C=O) groups excluding carboxylic acids is 1. The Morgan fingerprint density at radius 1 is 1.24 bits per heavy atom. The molecule has 0 spiro atoms. The van der Waals surface area contributed by atoms with Crippen LogP contribution in [0.25, 0.3) is 0 Å². The van der Waals surface area contributed by atoms with Crippen LogP contribution in [0.3, 0.4) is 0 Å². The lowest BCUT2D eigenvalue weighted by Gasteiger charge is -2.28.